The number of piperidine rings is 1. The number of hydrogen-bond acceptors (Lipinski definition) is 4. The lowest BCUT2D eigenvalue weighted by Gasteiger charge is -2.38. The van der Waals surface area contributed by atoms with Crippen LogP contribution < -0.4 is 0 Å². The first kappa shape index (κ1) is 16.3. The molecule has 0 unspecified atom stereocenters. The van der Waals surface area contributed by atoms with E-state index in [9.17, 15) is 4.79 Å². The zero-order chi connectivity index (χ0) is 16.4. The van der Waals surface area contributed by atoms with Crippen LogP contribution in [0, 0.1) is 19.8 Å². The van der Waals surface area contributed by atoms with Gasteiger partial charge >= 0.3 is 0 Å². The summed E-state index contributed by atoms with van der Waals surface area (Å²) in [5.74, 6) is 2.04. The molecule has 5 heteroatoms. The number of rotatable bonds is 3. The van der Waals surface area contributed by atoms with Crippen LogP contribution in [0.4, 0.5) is 0 Å². The van der Waals surface area contributed by atoms with Crippen LogP contribution in [0.3, 0.4) is 0 Å². The Morgan fingerprint density at radius 1 is 1.39 bits per heavy atom. The number of nitrogens with zero attached hydrogens (tertiary/aromatic N) is 2. The van der Waals surface area contributed by atoms with Crippen LogP contribution in [0.2, 0.25) is 0 Å². The van der Waals surface area contributed by atoms with Crippen molar-refractivity contribution in [1.29, 1.82) is 0 Å². The summed E-state index contributed by atoms with van der Waals surface area (Å²) in [6, 6.07) is 1.84. The quantitative estimate of drug-likeness (QED) is 0.802. The number of amides is 1. The summed E-state index contributed by atoms with van der Waals surface area (Å²) in [6.45, 7) is 12.6. The van der Waals surface area contributed by atoms with Gasteiger partial charge in [0.1, 0.15) is 11.5 Å². The van der Waals surface area contributed by atoms with Crippen molar-refractivity contribution in [2.24, 2.45) is 5.92 Å². The van der Waals surface area contributed by atoms with Crippen molar-refractivity contribution in [3.05, 3.63) is 35.8 Å². The Hall–Kier alpha value is -1.59. The van der Waals surface area contributed by atoms with Crippen LogP contribution in [0.15, 0.2) is 23.1 Å². The van der Waals surface area contributed by atoms with E-state index in [0.717, 1.165) is 45.0 Å². The second-order valence-corrected chi connectivity index (χ2v) is 6.58. The van der Waals surface area contributed by atoms with Gasteiger partial charge in [-0.05, 0) is 26.3 Å². The molecule has 0 aromatic carbocycles. The number of ether oxygens (including phenoxy) is 1. The molecule has 3 heterocycles. The van der Waals surface area contributed by atoms with Gasteiger partial charge in [0, 0.05) is 38.6 Å². The largest absolute Gasteiger partial charge is 0.466 e. The Morgan fingerprint density at radius 3 is 2.91 bits per heavy atom. The Kier molecular flexibility index (Phi) is 4.87. The predicted octanol–water partition coefficient (Wildman–Crippen LogP) is 2.25. The average Bonchev–Trinajstić information content (AvgIpc) is 2.74. The fraction of sp³-hybridized carbons (Fsp3) is 0.611. The molecule has 3 rings (SSSR count). The normalized spacial score (nSPS) is 25.7. The van der Waals surface area contributed by atoms with E-state index >= 15 is 0 Å². The first-order valence-corrected chi connectivity index (χ1v) is 8.39. The molecule has 1 aromatic heterocycles. The third kappa shape index (κ3) is 3.51. The number of fused-ring (bicyclic) bond motifs is 1. The molecule has 2 atom stereocenters. The van der Waals surface area contributed by atoms with Gasteiger partial charge < -0.3 is 14.1 Å². The van der Waals surface area contributed by atoms with Crippen LogP contribution in [0.25, 0.3) is 0 Å². The third-order valence-corrected chi connectivity index (χ3v) is 4.87. The SMILES string of the molecule is C=CCN1CCO[C@@H]2CN(C(=O)c3cc(C)oc3C)CC[C@@H]2C1. The minimum absolute atomic E-state index is 0.0635. The van der Waals surface area contributed by atoms with Gasteiger partial charge in [-0.3, -0.25) is 9.69 Å². The molecule has 2 aliphatic heterocycles. The van der Waals surface area contributed by atoms with E-state index in [1.54, 1.807) is 0 Å². The molecule has 23 heavy (non-hydrogen) atoms. The highest BCUT2D eigenvalue weighted by Crippen LogP contribution is 2.26. The lowest BCUT2D eigenvalue weighted by atomic mass is 9.93. The summed E-state index contributed by atoms with van der Waals surface area (Å²) < 4.78 is 11.5. The van der Waals surface area contributed by atoms with Crippen LogP contribution in [-0.2, 0) is 4.74 Å². The molecule has 0 spiro atoms. The number of likely N-dealkylation sites (tertiary alicyclic amines) is 1. The van der Waals surface area contributed by atoms with E-state index < -0.39 is 0 Å². The molecule has 0 radical (unpaired) electrons. The Balaban J connectivity index is 1.67. The standard InChI is InChI=1S/C18H26N2O3/c1-4-6-19-8-9-22-17-12-20(7-5-15(17)11-19)18(21)16-10-13(2)23-14(16)3/h4,10,15,17H,1,5-9,11-12H2,2-3H3/t15-,17-/m1/s1. The fourth-order valence-corrected chi connectivity index (χ4v) is 3.67. The van der Waals surface area contributed by atoms with Gasteiger partial charge in [-0.1, -0.05) is 6.08 Å². The number of hydrogen-bond donors (Lipinski definition) is 0. The number of aryl methyl sites for hydroxylation is 2. The molecule has 5 nitrogen and oxygen atoms in total. The van der Waals surface area contributed by atoms with Gasteiger partial charge in [-0.2, -0.15) is 0 Å². The van der Waals surface area contributed by atoms with Crippen LogP contribution in [0.5, 0.6) is 0 Å². The lowest BCUT2D eigenvalue weighted by molar-refractivity contribution is -0.0171. The minimum atomic E-state index is 0.0635. The highest BCUT2D eigenvalue weighted by molar-refractivity contribution is 5.95. The second kappa shape index (κ2) is 6.89. The summed E-state index contributed by atoms with van der Waals surface area (Å²) in [6.07, 6.45) is 3.07. The molecule has 2 fully saturated rings. The molecule has 0 saturated carbocycles. The van der Waals surface area contributed by atoms with E-state index in [0.29, 0.717) is 23.8 Å². The molecule has 2 saturated heterocycles. The summed E-state index contributed by atoms with van der Waals surface area (Å²) in [7, 11) is 0. The highest BCUT2D eigenvalue weighted by atomic mass is 16.5. The minimum Gasteiger partial charge on any atom is -0.466 e. The first-order valence-electron chi connectivity index (χ1n) is 8.39. The molecule has 0 bridgehead atoms. The Labute approximate surface area is 137 Å². The van der Waals surface area contributed by atoms with Gasteiger partial charge in [0.05, 0.1) is 18.3 Å². The van der Waals surface area contributed by atoms with Crippen molar-refractivity contribution >= 4 is 5.91 Å². The van der Waals surface area contributed by atoms with Gasteiger partial charge in [0.15, 0.2) is 0 Å². The van der Waals surface area contributed by atoms with Crippen molar-refractivity contribution in [3.63, 3.8) is 0 Å². The fourth-order valence-electron chi connectivity index (χ4n) is 3.67. The molecule has 126 valence electrons. The van der Waals surface area contributed by atoms with Crippen LogP contribution in [0.1, 0.15) is 28.3 Å². The number of carbonyl (C=O) groups excluding carboxylic acids is 1. The van der Waals surface area contributed by atoms with Crippen molar-refractivity contribution in [2.45, 2.75) is 26.4 Å². The zero-order valence-electron chi connectivity index (χ0n) is 14.1. The third-order valence-electron chi connectivity index (χ3n) is 4.87. The smallest absolute Gasteiger partial charge is 0.257 e. The highest BCUT2D eigenvalue weighted by Gasteiger charge is 2.35. The summed E-state index contributed by atoms with van der Waals surface area (Å²) in [4.78, 5) is 17.1. The van der Waals surface area contributed by atoms with E-state index in [4.69, 9.17) is 9.15 Å². The van der Waals surface area contributed by atoms with E-state index in [2.05, 4.69) is 11.5 Å². The van der Waals surface area contributed by atoms with Gasteiger partial charge in [0.2, 0.25) is 0 Å². The van der Waals surface area contributed by atoms with Crippen molar-refractivity contribution in [1.82, 2.24) is 9.80 Å². The number of furan rings is 1. The van der Waals surface area contributed by atoms with Gasteiger partial charge in [-0.25, -0.2) is 0 Å². The average molecular weight is 318 g/mol. The molecule has 1 aromatic rings. The van der Waals surface area contributed by atoms with Gasteiger partial charge in [0.25, 0.3) is 5.91 Å². The molecule has 2 aliphatic rings. The molecule has 0 aliphatic carbocycles. The van der Waals surface area contributed by atoms with Crippen LogP contribution >= 0.6 is 0 Å². The van der Waals surface area contributed by atoms with Crippen molar-refractivity contribution in [3.8, 4) is 0 Å². The maximum absolute atomic E-state index is 12.7. The first-order chi connectivity index (χ1) is 11.1. The predicted molar refractivity (Wildman–Crippen MR) is 88.6 cm³/mol. The monoisotopic (exact) mass is 318 g/mol. The summed E-state index contributed by atoms with van der Waals surface area (Å²) >= 11 is 0. The lowest BCUT2D eigenvalue weighted by Crippen LogP contribution is -2.49. The van der Waals surface area contributed by atoms with Crippen LogP contribution in [-0.4, -0.2) is 61.1 Å². The molecular formula is C18H26N2O3. The van der Waals surface area contributed by atoms with Crippen molar-refractivity contribution in [2.75, 3.05) is 39.3 Å². The van der Waals surface area contributed by atoms with E-state index in [1.807, 2.05) is 30.9 Å². The molecule has 0 N–H and O–H groups in total. The number of carbonyl (C=O) groups is 1. The maximum atomic E-state index is 12.7. The summed E-state index contributed by atoms with van der Waals surface area (Å²) in [5, 5.41) is 0. The van der Waals surface area contributed by atoms with Crippen molar-refractivity contribution < 1.29 is 13.9 Å². The van der Waals surface area contributed by atoms with E-state index in [1.165, 1.54) is 0 Å². The molecular weight excluding hydrogens is 292 g/mol. The molecule has 1 amide bonds. The van der Waals surface area contributed by atoms with E-state index in [-0.39, 0.29) is 12.0 Å². The maximum Gasteiger partial charge on any atom is 0.257 e. The topological polar surface area (TPSA) is 45.9 Å². The second-order valence-electron chi connectivity index (χ2n) is 6.58. The zero-order valence-corrected chi connectivity index (χ0v) is 14.1. The summed E-state index contributed by atoms with van der Waals surface area (Å²) in [5.41, 5.74) is 0.683. The Morgan fingerprint density at radius 2 is 2.22 bits per heavy atom. The Bertz CT molecular complexity index is 581. The van der Waals surface area contributed by atoms with Gasteiger partial charge in [-0.15, -0.1) is 6.58 Å².